The van der Waals surface area contributed by atoms with Crippen molar-refractivity contribution in [2.45, 2.75) is 44.7 Å². The molecule has 24 heavy (non-hydrogen) atoms. The second kappa shape index (κ2) is 6.01. The smallest absolute Gasteiger partial charge is 0.292 e. The molecule has 1 aliphatic heterocycles. The first-order valence-corrected chi connectivity index (χ1v) is 8.95. The summed E-state index contributed by atoms with van der Waals surface area (Å²) in [5.74, 6) is 0.0632. The number of hydrogen-bond donors (Lipinski definition) is 1. The SMILES string of the molecule is Cc1ccc(C(=O)N2CCC[C@@H]2c2nc(C(=O)NC3CC3)no2)s1. The lowest BCUT2D eigenvalue weighted by molar-refractivity contribution is 0.0714. The second-order valence-electron chi connectivity index (χ2n) is 6.27. The Kier molecular flexibility index (Phi) is 3.84. The maximum Gasteiger partial charge on any atom is 0.292 e. The van der Waals surface area contributed by atoms with E-state index >= 15 is 0 Å². The van der Waals surface area contributed by atoms with E-state index < -0.39 is 0 Å². The zero-order valence-corrected chi connectivity index (χ0v) is 14.1. The predicted molar refractivity (Wildman–Crippen MR) is 86.9 cm³/mol. The van der Waals surface area contributed by atoms with Crippen molar-refractivity contribution in [2.75, 3.05) is 6.54 Å². The van der Waals surface area contributed by atoms with E-state index in [1.165, 1.54) is 11.3 Å². The van der Waals surface area contributed by atoms with E-state index in [9.17, 15) is 9.59 Å². The highest BCUT2D eigenvalue weighted by Crippen LogP contribution is 2.33. The van der Waals surface area contributed by atoms with Gasteiger partial charge in [-0.2, -0.15) is 4.98 Å². The highest BCUT2D eigenvalue weighted by Gasteiger charge is 2.36. The number of carbonyl (C=O) groups is 2. The summed E-state index contributed by atoms with van der Waals surface area (Å²) in [6.07, 6.45) is 3.65. The van der Waals surface area contributed by atoms with Gasteiger partial charge in [-0.15, -0.1) is 11.3 Å². The van der Waals surface area contributed by atoms with Crippen molar-refractivity contribution in [2.24, 2.45) is 0 Å². The molecule has 0 unspecified atom stereocenters. The zero-order chi connectivity index (χ0) is 16.7. The van der Waals surface area contributed by atoms with E-state index in [1.54, 1.807) is 4.90 Å². The molecular formula is C16H18N4O3S. The fourth-order valence-corrected chi connectivity index (χ4v) is 3.72. The molecule has 2 aromatic rings. The van der Waals surface area contributed by atoms with E-state index in [0.717, 1.165) is 30.6 Å². The summed E-state index contributed by atoms with van der Waals surface area (Å²) in [5.41, 5.74) is 0. The number of hydrogen-bond acceptors (Lipinski definition) is 6. The summed E-state index contributed by atoms with van der Waals surface area (Å²) in [6.45, 7) is 2.64. The van der Waals surface area contributed by atoms with E-state index in [1.807, 2.05) is 19.1 Å². The number of amides is 2. The van der Waals surface area contributed by atoms with Gasteiger partial charge in [0.1, 0.15) is 6.04 Å². The number of aromatic nitrogens is 2. The average Bonchev–Trinajstić information content (AvgIpc) is 3.02. The standard InChI is InChI=1S/C16H18N4O3S/c1-9-4-7-12(24-9)16(22)20-8-2-3-11(20)15-18-13(19-23-15)14(21)17-10-5-6-10/h4,7,10-11H,2-3,5-6,8H2,1H3,(H,17,21)/t11-/m1/s1. The first-order valence-electron chi connectivity index (χ1n) is 8.13. The van der Waals surface area contributed by atoms with Gasteiger partial charge in [0, 0.05) is 17.5 Å². The number of nitrogens with zero attached hydrogens (tertiary/aromatic N) is 3. The Morgan fingerprint density at radius 3 is 2.88 bits per heavy atom. The van der Waals surface area contributed by atoms with Gasteiger partial charge in [-0.25, -0.2) is 0 Å². The molecule has 126 valence electrons. The van der Waals surface area contributed by atoms with Crippen LogP contribution in [0.4, 0.5) is 0 Å². The van der Waals surface area contributed by atoms with Gasteiger partial charge >= 0.3 is 0 Å². The molecule has 1 aliphatic carbocycles. The van der Waals surface area contributed by atoms with Crippen LogP contribution >= 0.6 is 11.3 Å². The molecule has 7 nitrogen and oxygen atoms in total. The first-order chi connectivity index (χ1) is 11.6. The number of likely N-dealkylation sites (tertiary alicyclic amines) is 1. The predicted octanol–water partition coefficient (Wildman–Crippen LogP) is 2.31. The fourth-order valence-electron chi connectivity index (χ4n) is 2.90. The van der Waals surface area contributed by atoms with E-state index in [2.05, 4.69) is 15.5 Å². The molecule has 3 heterocycles. The van der Waals surface area contributed by atoms with Crippen LogP contribution < -0.4 is 5.32 Å². The fraction of sp³-hybridized carbons (Fsp3) is 0.500. The van der Waals surface area contributed by atoms with Crippen LogP contribution in [0.2, 0.25) is 0 Å². The third kappa shape index (κ3) is 2.93. The number of carbonyl (C=O) groups excluding carboxylic acids is 2. The Bertz CT molecular complexity index is 780. The molecule has 1 saturated carbocycles. The summed E-state index contributed by atoms with van der Waals surface area (Å²) < 4.78 is 5.28. The summed E-state index contributed by atoms with van der Waals surface area (Å²) in [4.78, 5) is 32.5. The molecule has 0 aromatic carbocycles. The Labute approximate surface area is 143 Å². The molecule has 2 amide bonds. The minimum atomic E-state index is -0.308. The quantitative estimate of drug-likeness (QED) is 0.918. The van der Waals surface area contributed by atoms with Crippen molar-refractivity contribution in [1.82, 2.24) is 20.4 Å². The van der Waals surface area contributed by atoms with E-state index in [4.69, 9.17) is 4.52 Å². The maximum absolute atomic E-state index is 12.7. The average molecular weight is 346 g/mol. The van der Waals surface area contributed by atoms with Gasteiger partial charge in [0.05, 0.1) is 4.88 Å². The number of rotatable bonds is 4. The molecule has 0 spiro atoms. The Balaban J connectivity index is 1.51. The Morgan fingerprint density at radius 1 is 1.33 bits per heavy atom. The number of nitrogens with one attached hydrogen (secondary N) is 1. The van der Waals surface area contributed by atoms with Gasteiger partial charge < -0.3 is 14.7 Å². The minimum Gasteiger partial charge on any atom is -0.346 e. The Hall–Kier alpha value is -2.22. The van der Waals surface area contributed by atoms with Gasteiger partial charge in [-0.1, -0.05) is 5.16 Å². The van der Waals surface area contributed by atoms with Crippen LogP contribution in [0.15, 0.2) is 16.7 Å². The molecule has 1 saturated heterocycles. The molecule has 0 radical (unpaired) electrons. The molecule has 2 aromatic heterocycles. The molecule has 0 bridgehead atoms. The second-order valence-corrected chi connectivity index (χ2v) is 7.56. The summed E-state index contributed by atoms with van der Waals surface area (Å²) in [5, 5.41) is 6.61. The maximum atomic E-state index is 12.7. The summed E-state index contributed by atoms with van der Waals surface area (Å²) >= 11 is 1.48. The van der Waals surface area contributed by atoms with Crippen molar-refractivity contribution >= 4 is 23.2 Å². The molecular weight excluding hydrogens is 328 g/mol. The van der Waals surface area contributed by atoms with Gasteiger partial charge in [0.25, 0.3) is 17.6 Å². The highest BCUT2D eigenvalue weighted by molar-refractivity contribution is 7.13. The van der Waals surface area contributed by atoms with Crippen molar-refractivity contribution in [3.05, 3.63) is 33.6 Å². The molecule has 2 fully saturated rings. The van der Waals surface area contributed by atoms with Crippen LogP contribution in [-0.2, 0) is 0 Å². The molecule has 1 N–H and O–H groups in total. The number of thiophene rings is 1. The Morgan fingerprint density at radius 2 is 2.17 bits per heavy atom. The topological polar surface area (TPSA) is 88.3 Å². The van der Waals surface area contributed by atoms with Crippen LogP contribution in [0.3, 0.4) is 0 Å². The van der Waals surface area contributed by atoms with Crippen molar-refractivity contribution < 1.29 is 14.1 Å². The number of aryl methyl sites for hydroxylation is 1. The van der Waals surface area contributed by atoms with Crippen molar-refractivity contribution in [3.8, 4) is 0 Å². The molecule has 2 aliphatic rings. The van der Waals surface area contributed by atoms with Crippen LogP contribution in [0.1, 0.15) is 62.8 Å². The van der Waals surface area contributed by atoms with Crippen molar-refractivity contribution in [3.63, 3.8) is 0 Å². The van der Waals surface area contributed by atoms with Gasteiger partial charge in [0.2, 0.25) is 5.89 Å². The molecule has 4 rings (SSSR count). The first kappa shape index (κ1) is 15.3. The summed E-state index contributed by atoms with van der Waals surface area (Å²) in [6, 6.07) is 3.77. The minimum absolute atomic E-state index is 0.0159. The van der Waals surface area contributed by atoms with E-state index in [0.29, 0.717) is 17.3 Å². The molecule has 1 atom stereocenters. The summed E-state index contributed by atoms with van der Waals surface area (Å²) in [7, 11) is 0. The van der Waals surface area contributed by atoms with Gasteiger partial charge in [-0.3, -0.25) is 9.59 Å². The largest absolute Gasteiger partial charge is 0.346 e. The van der Waals surface area contributed by atoms with Gasteiger partial charge in [0.15, 0.2) is 0 Å². The van der Waals surface area contributed by atoms with Gasteiger partial charge in [-0.05, 0) is 44.7 Å². The van der Waals surface area contributed by atoms with Crippen LogP contribution in [0.25, 0.3) is 0 Å². The monoisotopic (exact) mass is 346 g/mol. The van der Waals surface area contributed by atoms with Crippen LogP contribution in [0, 0.1) is 6.92 Å². The van der Waals surface area contributed by atoms with Crippen LogP contribution in [0.5, 0.6) is 0 Å². The molecule has 8 heteroatoms. The third-order valence-electron chi connectivity index (χ3n) is 4.31. The van der Waals surface area contributed by atoms with Crippen LogP contribution in [-0.4, -0.2) is 39.4 Å². The zero-order valence-electron chi connectivity index (χ0n) is 13.3. The third-order valence-corrected chi connectivity index (χ3v) is 5.30. The lowest BCUT2D eigenvalue weighted by atomic mass is 10.2. The van der Waals surface area contributed by atoms with E-state index in [-0.39, 0.29) is 29.7 Å². The lowest BCUT2D eigenvalue weighted by Crippen LogP contribution is -2.30. The van der Waals surface area contributed by atoms with Crippen molar-refractivity contribution in [1.29, 1.82) is 0 Å². The lowest BCUT2D eigenvalue weighted by Gasteiger charge is -2.20. The normalized spacial score (nSPS) is 20.4. The highest BCUT2D eigenvalue weighted by atomic mass is 32.1.